The monoisotopic (exact) mass is 263 g/mol. The summed E-state index contributed by atoms with van der Waals surface area (Å²) in [5, 5.41) is 3.18. The fourth-order valence-corrected chi connectivity index (χ4v) is 2.48. The van der Waals surface area contributed by atoms with Crippen molar-refractivity contribution in [2.24, 2.45) is 5.92 Å². The lowest BCUT2D eigenvalue weighted by Crippen LogP contribution is -2.53. The molecule has 1 aromatic rings. The Bertz CT molecular complexity index is 450. The summed E-state index contributed by atoms with van der Waals surface area (Å²) in [5.41, 5.74) is 0.886. The van der Waals surface area contributed by atoms with Gasteiger partial charge in [-0.2, -0.15) is 0 Å². The van der Waals surface area contributed by atoms with Gasteiger partial charge in [0.15, 0.2) is 0 Å². The standard InChI is InChI=1S/C14H21N3O2/c1-15-8-11-9-16(2)14(18)17(10-11)12-5-4-6-13(7-12)19-3/h4-7,11,15H,8-10H2,1-3H3. The van der Waals surface area contributed by atoms with Crippen molar-refractivity contribution in [3.05, 3.63) is 24.3 Å². The number of benzene rings is 1. The van der Waals surface area contributed by atoms with Crippen molar-refractivity contribution in [3.8, 4) is 5.75 Å². The topological polar surface area (TPSA) is 44.8 Å². The van der Waals surface area contributed by atoms with Crippen LogP contribution in [0, 0.1) is 5.92 Å². The highest BCUT2D eigenvalue weighted by Gasteiger charge is 2.30. The smallest absolute Gasteiger partial charge is 0.324 e. The second kappa shape index (κ2) is 5.93. The number of urea groups is 1. The minimum absolute atomic E-state index is 0.0422. The van der Waals surface area contributed by atoms with E-state index in [-0.39, 0.29) is 6.03 Å². The van der Waals surface area contributed by atoms with Crippen LogP contribution in [0.5, 0.6) is 5.75 Å². The lowest BCUT2D eigenvalue weighted by atomic mass is 10.1. The van der Waals surface area contributed by atoms with Crippen molar-refractivity contribution in [2.45, 2.75) is 0 Å². The molecule has 2 rings (SSSR count). The molecule has 1 saturated heterocycles. The van der Waals surface area contributed by atoms with E-state index in [1.165, 1.54) is 0 Å². The first kappa shape index (κ1) is 13.7. The molecule has 2 amide bonds. The number of hydrogen-bond donors (Lipinski definition) is 1. The van der Waals surface area contributed by atoms with E-state index in [4.69, 9.17) is 4.74 Å². The van der Waals surface area contributed by atoms with Gasteiger partial charge in [-0.25, -0.2) is 4.79 Å². The molecule has 5 nitrogen and oxygen atoms in total. The van der Waals surface area contributed by atoms with Crippen LogP contribution < -0.4 is 15.0 Å². The largest absolute Gasteiger partial charge is 0.497 e. The van der Waals surface area contributed by atoms with E-state index >= 15 is 0 Å². The van der Waals surface area contributed by atoms with Crippen LogP contribution in [0.25, 0.3) is 0 Å². The molecule has 1 atom stereocenters. The number of ether oxygens (including phenoxy) is 1. The predicted octanol–water partition coefficient (Wildman–Crippen LogP) is 1.40. The molecule has 1 aromatic carbocycles. The molecule has 104 valence electrons. The van der Waals surface area contributed by atoms with Crippen LogP contribution in [0.3, 0.4) is 0 Å². The first-order valence-electron chi connectivity index (χ1n) is 6.47. The summed E-state index contributed by atoms with van der Waals surface area (Å²) in [6.45, 7) is 2.43. The second-order valence-corrected chi connectivity index (χ2v) is 4.90. The minimum atomic E-state index is 0.0422. The summed E-state index contributed by atoms with van der Waals surface area (Å²) in [5.74, 6) is 1.20. The van der Waals surface area contributed by atoms with Crippen molar-refractivity contribution in [3.63, 3.8) is 0 Å². The molecule has 1 fully saturated rings. The van der Waals surface area contributed by atoms with Crippen molar-refractivity contribution in [1.29, 1.82) is 0 Å². The highest BCUT2D eigenvalue weighted by molar-refractivity contribution is 5.92. The molecule has 0 radical (unpaired) electrons. The van der Waals surface area contributed by atoms with Gasteiger partial charge >= 0.3 is 6.03 Å². The Balaban J connectivity index is 2.22. The number of nitrogens with one attached hydrogen (secondary N) is 1. The van der Waals surface area contributed by atoms with E-state index in [0.717, 1.165) is 31.1 Å². The zero-order chi connectivity index (χ0) is 13.8. The highest BCUT2D eigenvalue weighted by Crippen LogP contribution is 2.25. The maximum absolute atomic E-state index is 12.3. The van der Waals surface area contributed by atoms with E-state index < -0.39 is 0 Å². The quantitative estimate of drug-likeness (QED) is 0.893. The summed E-state index contributed by atoms with van der Waals surface area (Å²) >= 11 is 0. The molecule has 1 N–H and O–H groups in total. The van der Waals surface area contributed by atoms with Crippen molar-refractivity contribution in [1.82, 2.24) is 10.2 Å². The number of hydrogen-bond acceptors (Lipinski definition) is 3. The number of carbonyl (C=O) groups is 1. The van der Waals surface area contributed by atoms with Gasteiger partial charge in [0.25, 0.3) is 0 Å². The Kier molecular flexibility index (Phi) is 4.27. The lowest BCUT2D eigenvalue weighted by molar-refractivity contribution is 0.192. The van der Waals surface area contributed by atoms with E-state index in [9.17, 15) is 4.79 Å². The van der Waals surface area contributed by atoms with Crippen LogP contribution in [0.1, 0.15) is 0 Å². The maximum atomic E-state index is 12.3. The van der Waals surface area contributed by atoms with Crippen LogP contribution in [-0.4, -0.2) is 51.8 Å². The van der Waals surface area contributed by atoms with Gasteiger partial charge < -0.3 is 15.0 Å². The molecule has 0 bridgehead atoms. The molecule has 0 aliphatic carbocycles. The third-order valence-electron chi connectivity index (χ3n) is 3.39. The molecule has 1 unspecified atom stereocenters. The molecular formula is C14H21N3O2. The van der Waals surface area contributed by atoms with E-state index in [1.807, 2.05) is 43.3 Å². The molecule has 0 spiro atoms. The zero-order valence-electron chi connectivity index (χ0n) is 11.7. The number of amides is 2. The number of rotatable bonds is 4. The van der Waals surface area contributed by atoms with Crippen LogP contribution >= 0.6 is 0 Å². The Hall–Kier alpha value is -1.75. The van der Waals surface area contributed by atoms with Gasteiger partial charge in [0, 0.05) is 44.4 Å². The first-order chi connectivity index (χ1) is 9.15. The molecule has 0 aromatic heterocycles. The van der Waals surface area contributed by atoms with Crippen LogP contribution in [-0.2, 0) is 0 Å². The van der Waals surface area contributed by atoms with Gasteiger partial charge in [0.1, 0.15) is 5.75 Å². The summed E-state index contributed by atoms with van der Waals surface area (Å²) in [4.78, 5) is 15.8. The number of methoxy groups -OCH3 is 1. The Morgan fingerprint density at radius 2 is 2.21 bits per heavy atom. The molecule has 1 heterocycles. The molecule has 1 aliphatic rings. The van der Waals surface area contributed by atoms with Gasteiger partial charge in [-0.1, -0.05) is 6.07 Å². The van der Waals surface area contributed by atoms with Gasteiger partial charge in [0.05, 0.1) is 7.11 Å². The average Bonchev–Trinajstić information content (AvgIpc) is 2.43. The van der Waals surface area contributed by atoms with Crippen LogP contribution in [0.2, 0.25) is 0 Å². The SMILES string of the molecule is CNCC1CN(C)C(=O)N(c2cccc(OC)c2)C1. The van der Waals surface area contributed by atoms with Gasteiger partial charge in [0.2, 0.25) is 0 Å². The molecule has 5 heteroatoms. The van der Waals surface area contributed by atoms with Gasteiger partial charge in [-0.05, 0) is 19.2 Å². The lowest BCUT2D eigenvalue weighted by Gasteiger charge is -2.38. The van der Waals surface area contributed by atoms with E-state index in [2.05, 4.69) is 5.32 Å². The number of carbonyl (C=O) groups excluding carboxylic acids is 1. The number of anilines is 1. The van der Waals surface area contributed by atoms with Crippen LogP contribution in [0.15, 0.2) is 24.3 Å². The summed E-state index contributed by atoms with van der Waals surface area (Å²) in [6.07, 6.45) is 0. The van der Waals surface area contributed by atoms with E-state index in [1.54, 1.807) is 12.0 Å². The fraction of sp³-hybridized carbons (Fsp3) is 0.500. The fourth-order valence-electron chi connectivity index (χ4n) is 2.48. The van der Waals surface area contributed by atoms with Crippen LogP contribution in [0.4, 0.5) is 10.5 Å². The average molecular weight is 263 g/mol. The molecule has 19 heavy (non-hydrogen) atoms. The third kappa shape index (κ3) is 2.98. The van der Waals surface area contributed by atoms with Gasteiger partial charge in [-0.15, -0.1) is 0 Å². The number of nitrogens with zero attached hydrogens (tertiary/aromatic N) is 2. The highest BCUT2D eigenvalue weighted by atomic mass is 16.5. The summed E-state index contributed by atoms with van der Waals surface area (Å²) in [6, 6.07) is 7.67. The first-order valence-corrected chi connectivity index (χ1v) is 6.47. The predicted molar refractivity (Wildman–Crippen MR) is 75.8 cm³/mol. The van der Waals surface area contributed by atoms with Crippen molar-refractivity contribution >= 4 is 11.7 Å². The summed E-state index contributed by atoms with van der Waals surface area (Å²) in [7, 11) is 5.41. The van der Waals surface area contributed by atoms with Gasteiger partial charge in [-0.3, -0.25) is 4.90 Å². The normalized spacial score (nSPS) is 19.7. The second-order valence-electron chi connectivity index (χ2n) is 4.90. The van der Waals surface area contributed by atoms with Crippen molar-refractivity contribution < 1.29 is 9.53 Å². The minimum Gasteiger partial charge on any atom is -0.497 e. The molecule has 0 saturated carbocycles. The third-order valence-corrected chi connectivity index (χ3v) is 3.39. The van der Waals surface area contributed by atoms with E-state index in [0.29, 0.717) is 5.92 Å². The Morgan fingerprint density at radius 1 is 1.42 bits per heavy atom. The molecule has 1 aliphatic heterocycles. The Morgan fingerprint density at radius 3 is 2.89 bits per heavy atom. The Labute approximate surface area is 114 Å². The van der Waals surface area contributed by atoms with Crippen molar-refractivity contribution in [2.75, 3.05) is 45.7 Å². The zero-order valence-corrected chi connectivity index (χ0v) is 11.7. The molecular weight excluding hydrogens is 242 g/mol. The maximum Gasteiger partial charge on any atom is 0.324 e. The summed E-state index contributed by atoms with van der Waals surface area (Å²) < 4.78 is 5.22.